The molecule has 0 fully saturated rings. The Hall–Kier alpha value is -2.48. The van der Waals surface area contributed by atoms with Crippen LogP contribution in [0, 0.1) is 15.9 Å². The molecule has 0 saturated heterocycles. The van der Waals surface area contributed by atoms with Crippen LogP contribution < -0.4 is 5.43 Å². The summed E-state index contributed by atoms with van der Waals surface area (Å²) in [7, 11) is 0. The number of carboxylic acids is 1. The van der Waals surface area contributed by atoms with E-state index in [9.17, 15) is 24.1 Å². The maximum atomic E-state index is 13.8. The van der Waals surface area contributed by atoms with E-state index in [-0.39, 0.29) is 17.4 Å². The third-order valence-electron chi connectivity index (χ3n) is 3.40. The molecule has 122 valence electrons. The molecule has 0 bridgehead atoms. The van der Waals surface area contributed by atoms with Gasteiger partial charge in [0, 0.05) is 12.7 Å². The lowest BCUT2D eigenvalue weighted by Crippen LogP contribution is -2.20. The lowest BCUT2D eigenvalue weighted by molar-refractivity contribution is -0.383. The molecule has 9 heteroatoms. The highest BCUT2D eigenvalue weighted by Gasteiger charge is 2.27. The number of carbonyl (C=O) groups is 1. The second-order valence-corrected chi connectivity index (χ2v) is 5.28. The van der Waals surface area contributed by atoms with Gasteiger partial charge in [-0.3, -0.25) is 14.9 Å². The zero-order valence-electron chi connectivity index (χ0n) is 12.0. The van der Waals surface area contributed by atoms with Crippen molar-refractivity contribution in [2.45, 2.75) is 26.3 Å². The van der Waals surface area contributed by atoms with E-state index in [0.717, 1.165) is 18.7 Å². The van der Waals surface area contributed by atoms with Crippen LogP contribution >= 0.6 is 11.6 Å². The number of hydrogen-bond acceptors (Lipinski definition) is 4. The van der Waals surface area contributed by atoms with E-state index in [4.69, 9.17) is 16.7 Å². The lowest BCUT2D eigenvalue weighted by Gasteiger charge is -2.13. The minimum absolute atomic E-state index is 0.176. The summed E-state index contributed by atoms with van der Waals surface area (Å²) in [5.41, 5.74) is -2.49. The molecule has 0 aliphatic carbocycles. The van der Waals surface area contributed by atoms with Crippen LogP contribution in [0.3, 0.4) is 0 Å². The van der Waals surface area contributed by atoms with Gasteiger partial charge < -0.3 is 9.67 Å². The fourth-order valence-corrected chi connectivity index (χ4v) is 2.53. The van der Waals surface area contributed by atoms with Crippen molar-refractivity contribution in [2.24, 2.45) is 0 Å². The van der Waals surface area contributed by atoms with E-state index < -0.39 is 38.4 Å². The summed E-state index contributed by atoms with van der Waals surface area (Å²) < 4.78 is 15.1. The Labute approximate surface area is 134 Å². The molecule has 0 aliphatic heterocycles. The fourth-order valence-electron chi connectivity index (χ4n) is 2.31. The van der Waals surface area contributed by atoms with Crippen LogP contribution in [0.25, 0.3) is 10.9 Å². The number of nitro groups is 1. The molecule has 0 atom stereocenters. The summed E-state index contributed by atoms with van der Waals surface area (Å²) in [6.45, 7) is 2.11. The summed E-state index contributed by atoms with van der Waals surface area (Å²) in [5.74, 6) is -2.63. The summed E-state index contributed by atoms with van der Waals surface area (Å²) in [6, 6.07) is 0.738. The number of benzene rings is 1. The molecule has 2 aromatic rings. The second-order valence-electron chi connectivity index (χ2n) is 4.90. The normalized spacial score (nSPS) is 10.9. The summed E-state index contributed by atoms with van der Waals surface area (Å²) in [4.78, 5) is 33.8. The van der Waals surface area contributed by atoms with E-state index in [0.29, 0.717) is 6.42 Å². The number of rotatable bonds is 5. The molecular weight excluding hydrogens is 331 g/mol. The monoisotopic (exact) mass is 342 g/mol. The molecule has 0 saturated carbocycles. The molecule has 0 unspecified atom stereocenters. The van der Waals surface area contributed by atoms with Gasteiger partial charge in [-0.05, 0) is 12.5 Å². The highest BCUT2D eigenvalue weighted by molar-refractivity contribution is 6.34. The van der Waals surface area contributed by atoms with E-state index in [2.05, 4.69) is 0 Å². The van der Waals surface area contributed by atoms with Crippen molar-refractivity contribution >= 4 is 34.2 Å². The SMILES string of the molecule is CCCCn1cc(C(=O)O)c(=O)c2cc(F)c(Cl)c([N+](=O)[O-])c21. The summed E-state index contributed by atoms with van der Waals surface area (Å²) in [5, 5.41) is 19.3. The van der Waals surface area contributed by atoms with Crippen LogP contribution in [0.1, 0.15) is 30.1 Å². The predicted molar refractivity (Wildman–Crippen MR) is 81.7 cm³/mol. The van der Waals surface area contributed by atoms with E-state index in [1.54, 1.807) is 0 Å². The maximum absolute atomic E-state index is 13.8. The average molecular weight is 343 g/mol. The van der Waals surface area contributed by atoms with Gasteiger partial charge >= 0.3 is 11.7 Å². The molecule has 0 spiro atoms. The molecule has 1 aromatic heterocycles. The van der Waals surface area contributed by atoms with Crippen LogP contribution in [0.4, 0.5) is 10.1 Å². The van der Waals surface area contributed by atoms with Gasteiger partial charge in [-0.2, -0.15) is 0 Å². The first-order valence-electron chi connectivity index (χ1n) is 6.72. The third-order valence-corrected chi connectivity index (χ3v) is 3.75. The molecule has 1 aromatic carbocycles. The van der Waals surface area contributed by atoms with Crippen LogP contribution in [0.15, 0.2) is 17.1 Å². The average Bonchev–Trinajstić information content (AvgIpc) is 2.48. The van der Waals surface area contributed by atoms with Crippen molar-refractivity contribution in [3.63, 3.8) is 0 Å². The first-order chi connectivity index (χ1) is 10.8. The number of fused-ring (bicyclic) bond motifs is 1. The first kappa shape index (κ1) is 16.9. The Balaban J connectivity index is 3.03. The highest BCUT2D eigenvalue weighted by atomic mass is 35.5. The van der Waals surface area contributed by atoms with Crippen molar-refractivity contribution in [1.29, 1.82) is 0 Å². The minimum atomic E-state index is -1.49. The molecule has 7 nitrogen and oxygen atoms in total. The molecule has 2 rings (SSSR count). The minimum Gasteiger partial charge on any atom is -0.477 e. The van der Waals surface area contributed by atoms with Gasteiger partial charge in [0.05, 0.1) is 10.3 Å². The second kappa shape index (κ2) is 6.33. The Morgan fingerprint density at radius 1 is 1.52 bits per heavy atom. The number of pyridine rings is 1. The number of aryl methyl sites for hydroxylation is 1. The smallest absolute Gasteiger partial charge is 0.341 e. The van der Waals surface area contributed by atoms with E-state index in [1.807, 2.05) is 6.92 Å². The van der Waals surface area contributed by atoms with Crippen molar-refractivity contribution in [1.82, 2.24) is 4.57 Å². The molecule has 0 radical (unpaired) electrons. The maximum Gasteiger partial charge on any atom is 0.341 e. The van der Waals surface area contributed by atoms with Crippen LogP contribution in [0.5, 0.6) is 0 Å². The van der Waals surface area contributed by atoms with Gasteiger partial charge in [-0.15, -0.1) is 0 Å². The first-order valence-corrected chi connectivity index (χ1v) is 7.10. The lowest BCUT2D eigenvalue weighted by atomic mass is 10.1. The summed E-state index contributed by atoms with van der Waals surface area (Å²) >= 11 is 5.68. The number of nitro benzene ring substituents is 1. The van der Waals surface area contributed by atoms with Crippen molar-refractivity contribution < 1.29 is 19.2 Å². The molecule has 0 amide bonds. The molecule has 1 heterocycles. The van der Waals surface area contributed by atoms with Crippen LogP contribution in [-0.4, -0.2) is 20.6 Å². The molecule has 23 heavy (non-hydrogen) atoms. The summed E-state index contributed by atoms with van der Waals surface area (Å²) in [6.07, 6.45) is 2.35. The Kier molecular flexibility index (Phi) is 4.65. The number of unbranched alkanes of at least 4 members (excludes halogenated alkanes) is 1. The Morgan fingerprint density at radius 3 is 2.70 bits per heavy atom. The third kappa shape index (κ3) is 2.89. The topological polar surface area (TPSA) is 102 Å². The van der Waals surface area contributed by atoms with Crippen LogP contribution in [0.2, 0.25) is 5.02 Å². The van der Waals surface area contributed by atoms with Gasteiger partial charge in [0.1, 0.15) is 16.9 Å². The van der Waals surface area contributed by atoms with Crippen molar-refractivity contribution in [3.8, 4) is 0 Å². The largest absolute Gasteiger partial charge is 0.477 e. The van der Waals surface area contributed by atoms with E-state index >= 15 is 0 Å². The number of aromatic carboxylic acids is 1. The van der Waals surface area contributed by atoms with Gasteiger partial charge in [-0.1, -0.05) is 24.9 Å². The fraction of sp³-hybridized carbons (Fsp3) is 0.286. The van der Waals surface area contributed by atoms with Gasteiger partial charge in [0.2, 0.25) is 5.43 Å². The molecule has 0 aliphatic rings. The Bertz CT molecular complexity index is 878. The highest BCUT2D eigenvalue weighted by Crippen LogP contribution is 2.34. The van der Waals surface area contributed by atoms with Gasteiger partial charge in [0.25, 0.3) is 0 Å². The molecule has 1 N–H and O–H groups in total. The van der Waals surface area contributed by atoms with Crippen molar-refractivity contribution in [3.05, 3.63) is 49.0 Å². The quantitative estimate of drug-likeness (QED) is 0.664. The van der Waals surface area contributed by atoms with Crippen LogP contribution in [-0.2, 0) is 6.54 Å². The van der Waals surface area contributed by atoms with Gasteiger partial charge in [-0.25, -0.2) is 9.18 Å². The number of nitrogens with zero attached hydrogens (tertiary/aromatic N) is 2. The number of hydrogen-bond donors (Lipinski definition) is 1. The number of carboxylic acid groups (broad SMARTS) is 1. The predicted octanol–water partition coefficient (Wildman–Crippen LogP) is 3.20. The zero-order chi connectivity index (χ0) is 17.3. The number of halogens is 2. The zero-order valence-corrected chi connectivity index (χ0v) is 12.8. The number of aromatic nitrogens is 1. The van der Waals surface area contributed by atoms with Gasteiger partial charge in [0.15, 0.2) is 5.02 Å². The van der Waals surface area contributed by atoms with E-state index in [1.165, 1.54) is 4.57 Å². The Morgan fingerprint density at radius 2 is 2.17 bits per heavy atom. The standard InChI is InChI=1S/C14H12ClFN2O5/c1-2-3-4-17-6-8(14(20)21)13(19)7-5-9(16)10(15)12(11(7)17)18(22)23/h5-6H,2-4H2,1H3,(H,20,21). The molecular formula is C14H12ClFN2O5. The van der Waals surface area contributed by atoms with Crippen molar-refractivity contribution in [2.75, 3.05) is 0 Å².